The summed E-state index contributed by atoms with van der Waals surface area (Å²) in [7, 11) is 0. The van der Waals surface area contributed by atoms with E-state index in [1.54, 1.807) is 12.1 Å². The van der Waals surface area contributed by atoms with E-state index in [4.69, 9.17) is 0 Å². The quantitative estimate of drug-likeness (QED) is 0.760. The number of nitrogens with one attached hydrogen (secondary N) is 1. The summed E-state index contributed by atoms with van der Waals surface area (Å²) >= 11 is 0. The van der Waals surface area contributed by atoms with Crippen molar-refractivity contribution in [2.24, 2.45) is 5.92 Å². The van der Waals surface area contributed by atoms with Gasteiger partial charge in [0.1, 0.15) is 5.82 Å². The van der Waals surface area contributed by atoms with E-state index in [2.05, 4.69) is 12.2 Å². The number of rotatable bonds is 1. The van der Waals surface area contributed by atoms with Crippen molar-refractivity contribution in [3.05, 3.63) is 35.6 Å². The lowest BCUT2D eigenvalue weighted by atomic mass is 9.96. The smallest absolute Gasteiger partial charge is 0.123 e. The molecule has 1 aliphatic rings. The highest BCUT2D eigenvalue weighted by atomic mass is 35.5. The molecule has 3 heteroatoms. The second-order valence-corrected chi connectivity index (χ2v) is 3.75. The van der Waals surface area contributed by atoms with Crippen molar-refractivity contribution in [1.82, 2.24) is 5.32 Å². The Balaban J connectivity index is 0.000000980. The fraction of sp³-hybridized carbons (Fsp3) is 0.455. The van der Waals surface area contributed by atoms with Crippen LogP contribution in [-0.4, -0.2) is 6.54 Å². The molecule has 1 aliphatic heterocycles. The van der Waals surface area contributed by atoms with Crippen LogP contribution in [0.2, 0.25) is 0 Å². The van der Waals surface area contributed by atoms with E-state index >= 15 is 0 Å². The van der Waals surface area contributed by atoms with Crippen molar-refractivity contribution in [2.45, 2.75) is 19.4 Å². The maximum absolute atomic E-state index is 12.9. The molecule has 1 N–H and O–H groups in total. The zero-order valence-corrected chi connectivity index (χ0v) is 8.98. The van der Waals surface area contributed by atoms with Gasteiger partial charge in [-0.1, -0.05) is 19.1 Å². The van der Waals surface area contributed by atoms with E-state index < -0.39 is 0 Å². The van der Waals surface area contributed by atoms with Crippen molar-refractivity contribution in [3.8, 4) is 0 Å². The molecule has 14 heavy (non-hydrogen) atoms. The van der Waals surface area contributed by atoms with Crippen molar-refractivity contribution in [3.63, 3.8) is 0 Å². The summed E-state index contributed by atoms with van der Waals surface area (Å²) in [6.45, 7) is 3.25. The van der Waals surface area contributed by atoms with Gasteiger partial charge in [0, 0.05) is 6.04 Å². The fourth-order valence-corrected chi connectivity index (χ4v) is 1.98. The highest BCUT2D eigenvalue weighted by Gasteiger charge is 2.23. The monoisotopic (exact) mass is 215 g/mol. The Kier molecular flexibility index (Phi) is 3.90. The third-order valence-electron chi connectivity index (χ3n) is 2.74. The van der Waals surface area contributed by atoms with Crippen LogP contribution in [0.1, 0.15) is 24.9 Å². The number of hydrogen-bond acceptors (Lipinski definition) is 1. The predicted octanol–water partition coefficient (Wildman–Crippen LogP) is 2.92. The van der Waals surface area contributed by atoms with E-state index in [-0.39, 0.29) is 18.2 Å². The summed E-state index contributed by atoms with van der Waals surface area (Å²) in [4.78, 5) is 0. The SMILES string of the molecule is CC1CCNC1c1cccc(F)c1.Cl. The van der Waals surface area contributed by atoms with E-state index in [1.165, 1.54) is 12.5 Å². The zero-order valence-electron chi connectivity index (χ0n) is 8.16. The molecule has 0 bridgehead atoms. The molecule has 1 saturated heterocycles. The van der Waals surface area contributed by atoms with Crippen molar-refractivity contribution in [2.75, 3.05) is 6.54 Å². The molecule has 2 unspecified atom stereocenters. The maximum atomic E-state index is 12.9. The molecule has 0 aromatic heterocycles. The fourth-order valence-electron chi connectivity index (χ4n) is 1.98. The molecule has 0 radical (unpaired) electrons. The first kappa shape index (κ1) is 11.5. The standard InChI is InChI=1S/C11H14FN.ClH/c1-8-5-6-13-11(8)9-3-2-4-10(12)7-9;/h2-4,7-8,11,13H,5-6H2,1H3;1H. The first-order valence-corrected chi connectivity index (χ1v) is 4.76. The van der Waals surface area contributed by atoms with Gasteiger partial charge >= 0.3 is 0 Å². The van der Waals surface area contributed by atoms with Crippen molar-refractivity contribution in [1.29, 1.82) is 0 Å². The summed E-state index contributed by atoms with van der Waals surface area (Å²) in [5.74, 6) is 0.472. The summed E-state index contributed by atoms with van der Waals surface area (Å²) in [5.41, 5.74) is 1.07. The topological polar surface area (TPSA) is 12.0 Å². The van der Waals surface area contributed by atoms with Gasteiger partial charge in [-0.05, 0) is 36.6 Å². The molecule has 0 spiro atoms. The Morgan fingerprint density at radius 2 is 2.21 bits per heavy atom. The van der Waals surface area contributed by atoms with Crippen LogP contribution in [0.25, 0.3) is 0 Å². The molecule has 78 valence electrons. The third-order valence-corrected chi connectivity index (χ3v) is 2.74. The van der Waals surface area contributed by atoms with Crippen LogP contribution in [0, 0.1) is 11.7 Å². The maximum Gasteiger partial charge on any atom is 0.123 e. The molecule has 1 nitrogen and oxygen atoms in total. The van der Waals surface area contributed by atoms with Gasteiger partial charge in [-0.3, -0.25) is 0 Å². The van der Waals surface area contributed by atoms with Gasteiger partial charge in [-0.2, -0.15) is 0 Å². The lowest BCUT2D eigenvalue weighted by Crippen LogP contribution is -2.16. The minimum atomic E-state index is -0.140. The molecule has 2 rings (SSSR count). The summed E-state index contributed by atoms with van der Waals surface area (Å²) in [6.07, 6.45) is 1.18. The van der Waals surface area contributed by atoms with Crippen LogP contribution in [0.3, 0.4) is 0 Å². The van der Waals surface area contributed by atoms with Gasteiger partial charge in [0.2, 0.25) is 0 Å². The van der Waals surface area contributed by atoms with Gasteiger partial charge in [0.25, 0.3) is 0 Å². The van der Waals surface area contributed by atoms with Crippen molar-refractivity contribution >= 4 is 12.4 Å². The second kappa shape index (κ2) is 4.76. The summed E-state index contributed by atoms with van der Waals surface area (Å²) in [5, 5.41) is 3.38. The van der Waals surface area contributed by atoms with Crippen LogP contribution >= 0.6 is 12.4 Å². The Bertz CT molecular complexity index is 303. The molecule has 1 aromatic carbocycles. The minimum Gasteiger partial charge on any atom is -0.310 e. The van der Waals surface area contributed by atoms with Crippen LogP contribution < -0.4 is 5.32 Å². The van der Waals surface area contributed by atoms with E-state index in [0.717, 1.165) is 12.1 Å². The molecule has 1 fully saturated rings. The van der Waals surface area contributed by atoms with E-state index in [0.29, 0.717) is 12.0 Å². The van der Waals surface area contributed by atoms with Crippen LogP contribution in [0.5, 0.6) is 0 Å². The average molecular weight is 216 g/mol. The Labute approximate surface area is 90.1 Å². The predicted molar refractivity (Wildman–Crippen MR) is 58.2 cm³/mol. The van der Waals surface area contributed by atoms with Crippen LogP contribution in [-0.2, 0) is 0 Å². The molecule has 0 aliphatic carbocycles. The molecule has 0 amide bonds. The molecular weight excluding hydrogens is 201 g/mol. The molecule has 2 atom stereocenters. The lowest BCUT2D eigenvalue weighted by Gasteiger charge is -2.15. The van der Waals surface area contributed by atoms with Gasteiger partial charge in [0.05, 0.1) is 0 Å². The normalized spacial score (nSPS) is 25.9. The molecule has 0 saturated carbocycles. The number of hydrogen-bond donors (Lipinski definition) is 1. The molecule has 1 heterocycles. The van der Waals surface area contributed by atoms with Gasteiger partial charge in [-0.15, -0.1) is 12.4 Å². The number of halogens is 2. The summed E-state index contributed by atoms with van der Waals surface area (Å²) in [6, 6.07) is 7.22. The average Bonchev–Trinajstić information content (AvgIpc) is 2.51. The third kappa shape index (κ3) is 2.25. The highest BCUT2D eigenvalue weighted by Crippen LogP contribution is 2.28. The number of benzene rings is 1. The Morgan fingerprint density at radius 1 is 1.43 bits per heavy atom. The minimum absolute atomic E-state index is 0. The van der Waals surface area contributed by atoms with Gasteiger partial charge in [-0.25, -0.2) is 4.39 Å². The summed E-state index contributed by atoms with van der Waals surface area (Å²) < 4.78 is 12.9. The first-order chi connectivity index (χ1) is 6.27. The van der Waals surface area contributed by atoms with Crippen LogP contribution in [0.15, 0.2) is 24.3 Å². The Morgan fingerprint density at radius 3 is 2.79 bits per heavy atom. The van der Waals surface area contributed by atoms with Gasteiger partial charge < -0.3 is 5.32 Å². The second-order valence-electron chi connectivity index (χ2n) is 3.75. The molecular formula is C11H15ClFN. The lowest BCUT2D eigenvalue weighted by molar-refractivity contribution is 0.500. The van der Waals surface area contributed by atoms with E-state index in [1.807, 2.05) is 6.07 Å². The first-order valence-electron chi connectivity index (χ1n) is 4.76. The van der Waals surface area contributed by atoms with Crippen LogP contribution in [0.4, 0.5) is 4.39 Å². The van der Waals surface area contributed by atoms with Gasteiger partial charge in [0.15, 0.2) is 0 Å². The highest BCUT2D eigenvalue weighted by molar-refractivity contribution is 5.85. The molecule has 1 aromatic rings. The zero-order chi connectivity index (χ0) is 9.26. The van der Waals surface area contributed by atoms with E-state index in [9.17, 15) is 4.39 Å². The largest absolute Gasteiger partial charge is 0.310 e. The Hall–Kier alpha value is -0.600. The van der Waals surface area contributed by atoms with Crippen molar-refractivity contribution < 1.29 is 4.39 Å².